The fourth-order valence-corrected chi connectivity index (χ4v) is 3.02. The molecule has 1 fully saturated rings. The normalized spacial score (nSPS) is 18.1. The molecule has 0 aliphatic heterocycles. The molecule has 94 valence electrons. The molecule has 4 nitrogen and oxygen atoms in total. The van der Waals surface area contributed by atoms with Gasteiger partial charge in [-0.05, 0) is 30.9 Å². The molecule has 2 rings (SSSR count). The van der Waals surface area contributed by atoms with E-state index in [-0.39, 0.29) is 5.03 Å². The van der Waals surface area contributed by atoms with Gasteiger partial charge in [0.25, 0.3) is 0 Å². The summed E-state index contributed by atoms with van der Waals surface area (Å²) in [6.07, 6.45) is 7.20. The highest BCUT2D eigenvalue weighted by Crippen LogP contribution is 2.24. The molecule has 0 radical (unpaired) electrons. The molecule has 0 N–H and O–H groups in total. The van der Waals surface area contributed by atoms with Crippen molar-refractivity contribution in [3.63, 3.8) is 0 Å². The van der Waals surface area contributed by atoms with Crippen molar-refractivity contribution in [2.45, 2.75) is 37.1 Å². The van der Waals surface area contributed by atoms with Crippen LogP contribution in [0.2, 0.25) is 0 Å². The smallest absolute Gasteiger partial charge is 0.265 e. The molecule has 0 bridgehead atoms. The van der Waals surface area contributed by atoms with Crippen LogP contribution in [0.15, 0.2) is 29.4 Å². The Morgan fingerprint density at radius 2 is 2.00 bits per heavy atom. The number of hydrogen-bond acceptors (Lipinski definition) is 4. The fraction of sp³-hybridized carbons (Fsp3) is 0.583. The summed E-state index contributed by atoms with van der Waals surface area (Å²) in [4.78, 5) is 3.80. The van der Waals surface area contributed by atoms with E-state index in [2.05, 4.69) is 4.98 Å². The van der Waals surface area contributed by atoms with Crippen LogP contribution in [0.3, 0.4) is 0 Å². The largest absolute Gasteiger partial charge is 0.314 e. The van der Waals surface area contributed by atoms with E-state index in [4.69, 9.17) is 4.18 Å². The van der Waals surface area contributed by atoms with Crippen LogP contribution >= 0.6 is 0 Å². The lowest BCUT2D eigenvalue weighted by Gasteiger charge is -2.20. The Balaban J connectivity index is 1.94. The second-order valence-corrected chi connectivity index (χ2v) is 5.97. The third-order valence-corrected chi connectivity index (χ3v) is 4.28. The SMILES string of the molecule is O=S(=O)(OCC1CCCCC1)c1ccccn1. The predicted octanol–water partition coefficient (Wildman–Crippen LogP) is 2.37. The van der Waals surface area contributed by atoms with Crippen LogP contribution in [-0.4, -0.2) is 20.0 Å². The number of pyridine rings is 1. The first-order chi connectivity index (χ1) is 8.18. The molecule has 1 aromatic rings. The summed E-state index contributed by atoms with van der Waals surface area (Å²) in [5, 5.41) is -0.00388. The molecule has 17 heavy (non-hydrogen) atoms. The van der Waals surface area contributed by atoms with Crippen molar-refractivity contribution in [1.29, 1.82) is 0 Å². The Bertz CT molecular complexity index is 438. The maximum Gasteiger partial charge on any atom is 0.314 e. The molecule has 1 saturated carbocycles. The van der Waals surface area contributed by atoms with E-state index in [1.165, 1.54) is 31.5 Å². The Morgan fingerprint density at radius 1 is 1.24 bits per heavy atom. The second-order valence-electron chi connectivity index (χ2n) is 4.41. The van der Waals surface area contributed by atoms with E-state index in [0.717, 1.165) is 12.8 Å². The van der Waals surface area contributed by atoms with Crippen molar-refractivity contribution in [1.82, 2.24) is 4.98 Å². The summed E-state index contributed by atoms with van der Waals surface area (Å²) in [7, 11) is -3.67. The van der Waals surface area contributed by atoms with Gasteiger partial charge in [-0.2, -0.15) is 8.42 Å². The van der Waals surface area contributed by atoms with Gasteiger partial charge in [-0.15, -0.1) is 0 Å². The van der Waals surface area contributed by atoms with Gasteiger partial charge in [-0.3, -0.25) is 4.18 Å². The van der Waals surface area contributed by atoms with Gasteiger partial charge in [0.2, 0.25) is 0 Å². The average Bonchev–Trinajstić information content (AvgIpc) is 2.39. The van der Waals surface area contributed by atoms with Crippen LogP contribution in [0.25, 0.3) is 0 Å². The predicted molar refractivity (Wildman–Crippen MR) is 63.9 cm³/mol. The third kappa shape index (κ3) is 3.51. The van der Waals surface area contributed by atoms with E-state index < -0.39 is 10.1 Å². The number of aromatic nitrogens is 1. The Kier molecular flexibility index (Phi) is 4.12. The lowest BCUT2D eigenvalue weighted by atomic mass is 9.90. The minimum absolute atomic E-state index is 0.00388. The van der Waals surface area contributed by atoms with E-state index in [9.17, 15) is 8.42 Å². The van der Waals surface area contributed by atoms with Crippen molar-refractivity contribution < 1.29 is 12.6 Å². The molecule has 1 aliphatic carbocycles. The van der Waals surface area contributed by atoms with Crippen LogP contribution in [0.1, 0.15) is 32.1 Å². The third-order valence-electron chi connectivity index (χ3n) is 3.08. The minimum atomic E-state index is -3.67. The van der Waals surface area contributed by atoms with Crippen molar-refractivity contribution in [3.05, 3.63) is 24.4 Å². The molecule has 0 atom stereocenters. The first-order valence-electron chi connectivity index (χ1n) is 5.99. The lowest BCUT2D eigenvalue weighted by molar-refractivity contribution is 0.213. The van der Waals surface area contributed by atoms with Gasteiger partial charge in [-0.1, -0.05) is 25.3 Å². The molecule has 0 unspecified atom stereocenters. The van der Waals surface area contributed by atoms with Gasteiger partial charge < -0.3 is 0 Å². The maximum atomic E-state index is 11.8. The van der Waals surface area contributed by atoms with Crippen LogP contribution in [0.4, 0.5) is 0 Å². The molecular weight excluding hydrogens is 238 g/mol. The van der Waals surface area contributed by atoms with Crippen LogP contribution in [0, 0.1) is 5.92 Å². The topological polar surface area (TPSA) is 56.3 Å². The summed E-state index contributed by atoms with van der Waals surface area (Å²) in [5.41, 5.74) is 0. The quantitative estimate of drug-likeness (QED) is 0.775. The zero-order chi connectivity index (χ0) is 12.1. The van der Waals surface area contributed by atoms with Gasteiger partial charge in [-0.25, -0.2) is 4.98 Å². The standard InChI is InChI=1S/C12H17NO3S/c14-17(15,12-8-4-5-9-13-12)16-10-11-6-2-1-3-7-11/h4-5,8-9,11H,1-3,6-7,10H2. The maximum absolute atomic E-state index is 11.8. The highest BCUT2D eigenvalue weighted by Gasteiger charge is 2.20. The summed E-state index contributed by atoms with van der Waals surface area (Å²) in [5.74, 6) is 0.377. The summed E-state index contributed by atoms with van der Waals surface area (Å²) >= 11 is 0. The summed E-state index contributed by atoms with van der Waals surface area (Å²) in [6, 6.07) is 4.78. The van der Waals surface area contributed by atoms with E-state index in [0.29, 0.717) is 12.5 Å². The molecule has 1 aliphatic rings. The molecule has 0 saturated heterocycles. The van der Waals surface area contributed by atoms with Crippen LogP contribution in [0.5, 0.6) is 0 Å². The van der Waals surface area contributed by atoms with Crippen molar-refractivity contribution >= 4 is 10.1 Å². The van der Waals surface area contributed by atoms with Gasteiger partial charge in [0.15, 0.2) is 5.03 Å². The second kappa shape index (κ2) is 5.60. The molecule has 1 heterocycles. The summed E-state index contributed by atoms with van der Waals surface area (Å²) < 4.78 is 28.6. The highest BCUT2D eigenvalue weighted by atomic mass is 32.2. The average molecular weight is 255 g/mol. The van der Waals surface area contributed by atoms with Crippen molar-refractivity contribution in [3.8, 4) is 0 Å². The zero-order valence-electron chi connectivity index (χ0n) is 9.71. The lowest BCUT2D eigenvalue weighted by Crippen LogP contribution is -2.17. The monoisotopic (exact) mass is 255 g/mol. The molecule has 5 heteroatoms. The first-order valence-corrected chi connectivity index (χ1v) is 7.40. The van der Waals surface area contributed by atoms with Gasteiger partial charge >= 0.3 is 10.1 Å². The first kappa shape index (κ1) is 12.5. The number of nitrogens with zero attached hydrogens (tertiary/aromatic N) is 1. The van der Waals surface area contributed by atoms with Crippen LogP contribution in [-0.2, 0) is 14.3 Å². The fourth-order valence-electron chi connectivity index (χ4n) is 2.09. The van der Waals surface area contributed by atoms with E-state index in [1.54, 1.807) is 12.1 Å². The zero-order valence-corrected chi connectivity index (χ0v) is 10.5. The Labute approximate surface area is 102 Å². The number of rotatable bonds is 4. The highest BCUT2D eigenvalue weighted by molar-refractivity contribution is 7.86. The van der Waals surface area contributed by atoms with Gasteiger partial charge in [0.05, 0.1) is 6.61 Å². The molecular formula is C12H17NO3S. The minimum Gasteiger partial charge on any atom is -0.265 e. The van der Waals surface area contributed by atoms with Gasteiger partial charge in [0.1, 0.15) is 0 Å². The van der Waals surface area contributed by atoms with Crippen LogP contribution < -0.4 is 0 Å². The molecule has 0 spiro atoms. The number of hydrogen-bond donors (Lipinski definition) is 0. The van der Waals surface area contributed by atoms with Crippen molar-refractivity contribution in [2.24, 2.45) is 5.92 Å². The molecule has 0 aromatic carbocycles. The van der Waals surface area contributed by atoms with E-state index >= 15 is 0 Å². The molecule has 0 amide bonds. The Hall–Kier alpha value is -0.940. The van der Waals surface area contributed by atoms with Crippen molar-refractivity contribution in [2.75, 3.05) is 6.61 Å². The Morgan fingerprint density at radius 3 is 2.65 bits per heavy atom. The van der Waals surface area contributed by atoms with Gasteiger partial charge in [0, 0.05) is 6.20 Å². The van der Waals surface area contributed by atoms with E-state index in [1.807, 2.05) is 0 Å². The summed E-state index contributed by atoms with van der Waals surface area (Å²) in [6.45, 7) is 0.291. The molecule has 1 aromatic heterocycles.